The van der Waals surface area contributed by atoms with Crippen LogP contribution in [0.1, 0.15) is 26.3 Å². The molecule has 0 aliphatic rings. The third-order valence-corrected chi connectivity index (χ3v) is 8.48. The van der Waals surface area contributed by atoms with Gasteiger partial charge >= 0.3 is 0 Å². The second-order valence-electron chi connectivity index (χ2n) is 6.76. The number of rotatable bonds is 6. The van der Waals surface area contributed by atoms with E-state index >= 15 is 0 Å². The lowest BCUT2D eigenvalue weighted by atomic mass is 10.1. The van der Waals surface area contributed by atoms with Gasteiger partial charge < -0.3 is 9.53 Å². The van der Waals surface area contributed by atoms with Gasteiger partial charge in [0.2, 0.25) is 0 Å². The van der Waals surface area contributed by atoms with Crippen LogP contribution >= 0.6 is 0 Å². The fraction of sp³-hybridized carbons (Fsp3) is 0.529. The number of hydrogen-bond donors (Lipinski definition) is 1. The summed E-state index contributed by atoms with van der Waals surface area (Å²) in [5.41, 5.74) is 1.25. The van der Waals surface area contributed by atoms with E-state index in [4.69, 9.17) is 4.43 Å². The van der Waals surface area contributed by atoms with Crippen LogP contribution in [0, 0.1) is 0 Å². The first kappa shape index (κ1) is 17.1. The average molecular weight is 292 g/mol. The molecule has 1 atom stereocenters. The van der Waals surface area contributed by atoms with Crippen molar-refractivity contribution in [3.63, 3.8) is 0 Å². The zero-order valence-corrected chi connectivity index (χ0v) is 14.4. The molecular formula is C17H28O2Si. The molecule has 1 unspecified atom stereocenters. The summed E-state index contributed by atoms with van der Waals surface area (Å²) in [7, 11) is -1.76. The van der Waals surface area contributed by atoms with Crippen molar-refractivity contribution in [2.45, 2.75) is 51.4 Å². The first-order chi connectivity index (χ1) is 9.22. The van der Waals surface area contributed by atoms with Crippen molar-refractivity contribution in [3.8, 4) is 0 Å². The van der Waals surface area contributed by atoms with E-state index in [1.165, 1.54) is 5.56 Å². The van der Waals surface area contributed by atoms with Crippen LogP contribution in [-0.2, 0) is 10.8 Å². The van der Waals surface area contributed by atoms with Crippen molar-refractivity contribution in [3.05, 3.63) is 48.0 Å². The second-order valence-corrected chi connectivity index (χ2v) is 11.6. The number of aliphatic hydroxyl groups is 1. The highest BCUT2D eigenvalue weighted by molar-refractivity contribution is 6.74. The molecular weight excluding hydrogens is 264 g/mol. The van der Waals surface area contributed by atoms with Crippen LogP contribution in [-0.4, -0.2) is 26.1 Å². The Balaban J connectivity index is 2.39. The summed E-state index contributed by atoms with van der Waals surface area (Å²) in [6, 6.07) is 10.2. The molecule has 1 rings (SSSR count). The van der Waals surface area contributed by atoms with Crippen molar-refractivity contribution in [2.24, 2.45) is 0 Å². The van der Waals surface area contributed by atoms with Crippen LogP contribution in [0.4, 0.5) is 0 Å². The van der Waals surface area contributed by atoms with E-state index in [9.17, 15) is 5.11 Å². The maximum atomic E-state index is 9.97. The smallest absolute Gasteiger partial charge is 0.192 e. The summed E-state index contributed by atoms with van der Waals surface area (Å²) in [6.07, 6.45) is 4.17. The lowest BCUT2D eigenvalue weighted by Gasteiger charge is -2.36. The van der Waals surface area contributed by atoms with Crippen molar-refractivity contribution in [2.75, 3.05) is 6.61 Å². The summed E-state index contributed by atoms with van der Waals surface area (Å²) in [5.74, 6) is 0. The van der Waals surface area contributed by atoms with Gasteiger partial charge in [0.15, 0.2) is 8.32 Å². The Bertz CT molecular complexity index is 418. The van der Waals surface area contributed by atoms with E-state index in [1.807, 2.05) is 30.4 Å². The molecule has 0 heterocycles. The first-order valence-electron chi connectivity index (χ1n) is 7.25. The molecule has 0 bridgehead atoms. The Kier molecular flexibility index (Phi) is 6.18. The van der Waals surface area contributed by atoms with Gasteiger partial charge in [-0.3, -0.25) is 0 Å². The summed E-state index contributed by atoms with van der Waals surface area (Å²) < 4.78 is 6.00. The number of allylic oxidation sites excluding steroid dienone is 1. The molecule has 1 N–H and O–H groups in total. The van der Waals surface area contributed by atoms with Gasteiger partial charge in [-0.15, -0.1) is 0 Å². The molecule has 0 saturated carbocycles. The maximum Gasteiger partial charge on any atom is 0.192 e. The third kappa shape index (κ3) is 5.61. The molecule has 1 aromatic carbocycles. The Morgan fingerprint density at radius 2 is 1.80 bits per heavy atom. The summed E-state index contributed by atoms with van der Waals surface area (Å²) in [5, 5.41) is 10.1. The quantitative estimate of drug-likeness (QED) is 0.630. The molecule has 112 valence electrons. The van der Waals surface area contributed by atoms with Gasteiger partial charge in [0, 0.05) is 0 Å². The van der Waals surface area contributed by atoms with E-state index in [1.54, 1.807) is 0 Å². The first-order valence-corrected chi connectivity index (χ1v) is 10.2. The minimum atomic E-state index is -1.76. The summed E-state index contributed by atoms with van der Waals surface area (Å²) in [4.78, 5) is 0. The fourth-order valence-electron chi connectivity index (χ4n) is 1.54. The lowest BCUT2D eigenvalue weighted by molar-refractivity contribution is 0.135. The van der Waals surface area contributed by atoms with Gasteiger partial charge in [-0.2, -0.15) is 0 Å². The van der Waals surface area contributed by atoms with E-state index in [0.29, 0.717) is 6.61 Å². The molecule has 0 fully saturated rings. The molecule has 0 spiro atoms. The monoisotopic (exact) mass is 292 g/mol. The van der Waals surface area contributed by atoms with Crippen molar-refractivity contribution < 1.29 is 9.53 Å². The van der Waals surface area contributed by atoms with Crippen LogP contribution in [0.15, 0.2) is 42.5 Å². The van der Waals surface area contributed by atoms with Gasteiger partial charge in [0.25, 0.3) is 0 Å². The average Bonchev–Trinajstić information content (AvgIpc) is 2.36. The highest BCUT2D eigenvalue weighted by atomic mass is 28.4. The van der Waals surface area contributed by atoms with Gasteiger partial charge in [0.05, 0.1) is 12.7 Å². The summed E-state index contributed by atoms with van der Waals surface area (Å²) in [6.45, 7) is 11.4. The van der Waals surface area contributed by atoms with Gasteiger partial charge in [-0.1, -0.05) is 63.3 Å². The standard InChI is InChI=1S/C17H28O2Si/c1-17(2,3)20(4,5)19-14-16(18)13-9-12-15-10-7-6-8-11-15/h6-11,13,16,18H,12,14H2,1-5H3/b13-9-. The maximum absolute atomic E-state index is 9.97. The largest absolute Gasteiger partial charge is 0.414 e. The van der Waals surface area contributed by atoms with Crippen molar-refractivity contribution >= 4 is 8.32 Å². The van der Waals surface area contributed by atoms with E-state index in [-0.39, 0.29) is 5.04 Å². The zero-order valence-electron chi connectivity index (χ0n) is 13.4. The molecule has 0 aliphatic carbocycles. The van der Waals surface area contributed by atoms with Crippen LogP contribution in [0.5, 0.6) is 0 Å². The Morgan fingerprint density at radius 3 is 2.35 bits per heavy atom. The van der Waals surface area contributed by atoms with Crippen LogP contribution in [0.2, 0.25) is 18.1 Å². The molecule has 20 heavy (non-hydrogen) atoms. The van der Waals surface area contributed by atoms with Gasteiger partial charge in [0.1, 0.15) is 0 Å². The number of aliphatic hydroxyl groups excluding tert-OH is 1. The molecule has 0 radical (unpaired) electrons. The normalized spacial score (nSPS) is 14.7. The minimum absolute atomic E-state index is 0.181. The van der Waals surface area contributed by atoms with Crippen LogP contribution in [0.3, 0.4) is 0 Å². The molecule has 0 amide bonds. The fourth-order valence-corrected chi connectivity index (χ4v) is 2.56. The molecule has 0 aliphatic heterocycles. The molecule has 0 saturated heterocycles. The second kappa shape index (κ2) is 7.20. The number of benzene rings is 1. The Hall–Kier alpha value is -0.903. The van der Waals surface area contributed by atoms with Crippen molar-refractivity contribution in [1.29, 1.82) is 0 Å². The topological polar surface area (TPSA) is 29.5 Å². The predicted molar refractivity (Wildman–Crippen MR) is 88.4 cm³/mol. The van der Waals surface area contributed by atoms with E-state index in [2.05, 4.69) is 46.0 Å². The predicted octanol–water partition coefficient (Wildman–Crippen LogP) is 4.17. The summed E-state index contributed by atoms with van der Waals surface area (Å²) >= 11 is 0. The Labute approximate surface area is 124 Å². The lowest BCUT2D eigenvalue weighted by Crippen LogP contribution is -2.42. The SMILES string of the molecule is CC(C)(C)[Si](C)(C)OCC(O)/C=C\Cc1ccccc1. The molecule has 0 aromatic heterocycles. The van der Waals surface area contributed by atoms with E-state index < -0.39 is 14.4 Å². The third-order valence-electron chi connectivity index (χ3n) is 3.98. The van der Waals surface area contributed by atoms with Gasteiger partial charge in [-0.25, -0.2) is 0 Å². The zero-order chi connectivity index (χ0) is 15.2. The molecule has 3 heteroatoms. The van der Waals surface area contributed by atoms with E-state index in [0.717, 1.165) is 6.42 Å². The molecule has 1 aromatic rings. The Morgan fingerprint density at radius 1 is 1.20 bits per heavy atom. The minimum Gasteiger partial charge on any atom is -0.414 e. The highest BCUT2D eigenvalue weighted by Gasteiger charge is 2.37. The number of hydrogen-bond acceptors (Lipinski definition) is 2. The van der Waals surface area contributed by atoms with Crippen LogP contribution in [0.25, 0.3) is 0 Å². The highest BCUT2D eigenvalue weighted by Crippen LogP contribution is 2.36. The van der Waals surface area contributed by atoms with Gasteiger partial charge in [-0.05, 0) is 30.1 Å². The van der Waals surface area contributed by atoms with Crippen molar-refractivity contribution in [1.82, 2.24) is 0 Å². The van der Waals surface area contributed by atoms with Crippen LogP contribution < -0.4 is 0 Å². The molecule has 2 nitrogen and oxygen atoms in total.